The number of rotatable bonds is 3. The minimum Gasteiger partial charge on any atom is -0.350 e. The predicted molar refractivity (Wildman–Crippen MR) is 89.7 cm³/mol. The molecule has 0 radical (unpaired) electrons. The first kappa shape index (κ1) is 17.2. The summed E-state index contributed by atoms with van der Waals surface area (Å²) in [5.41, 5.74) is 0. The first-order chi connectivity index (χ1) is 10.3. The molecule has 2 N–H and O–H groups in total. The summed E-state index contributed by atoms with van der Waals surface area (Å²) >= 11 is 1.43. The lowest BCUT2D eigenvalue weighted by Gasteiger charge is -2.28. The van der Waals surface area contributed by atoms with E-state index in [1.54, 1.807) is 4.90 Å². The molecule has 1 unspecified atom stereocenters. The van der Waals surface area contributed by atoms with Gasteiger partial charge in [0.1, 0.15) is 6.04 Å². The Kier molecular flexibility index (Phi) is 6.23. The van der Waals surface area contributed by atoms with E-state index in [-0.39, 0.29) is 36.3 Å². The quantitative estimate of drug-likeness (QED) is 0.877. The van der Waals surface area contributed by atoms with E-state index >= 15 is 0 Å². The number of nitrogens with zero attached hydrogens (tertiary/aromatic N) is 1. The van der Waals surface area contributed by atoms with Crippen LogP contribution in [0, 0.1) is 0 Å². The summed E-state index contributed by atoms with van der Waals surface area (Å²) in [5.74, 6) is -0.00414. The SMILES string of the molecule is Cl.O=C(N[C@H]1CCCNC1)C1CCCN1C(=O)c1cccs1. The van der Waals surface area contributed by atoms with Gasteiger partial charge in [-0.2, -0.15) is 0 Å². The van der Waals surface area contributed by atoms with Crippen molar-refractivity contribution in [2.24, 2.45) is 0 Å². The first-order valence-corrected chi connectivity index (χ1v) is 8.49. The Morgan fingerprint density at radius 3 is 2.86 bits per heavy atom. The van der Waals surface area contributed by atoms with E-state index in [2.05, 4.69) is 10.6 Å². The number of amides is 2. The Morgan fingerprint density at radius 1 is 1.32 bits per heavy atom. The van der Waals surface area contributed by atoms with Crippen LogP contribution in [0.1, 0.15) is 35.4 Å². The van der Waals surface area contributed by atoms with Gasteiger partial charge in [-0.05, 0) is 43.7 Å². The van der Waals surface area contributed by atoms with Crippen molar-refractivity contribution in [2.75, 3.05) is 19.6 Å². The van der Waals surface area contributed by atoms with Crippen molar-refractivity contribution in [1.82, 2.24) is 15.5 Å². The second-order valence-corrected chi connectivity index (χ2v) is 6.63. The Morgan fingerprint density at radius 2 is 2.18 bits per heavy atom. The molecule has 2 aliphatic rings. The van der Waals surface area contributed by atoms with Crippen LogP contribution in [0.3, 0.4) is 0 Å². The van der Waals surface area contributed by atoms with Crippen molar-refractivity contribution in [3.05, 3.63) is 22.4 Å². The average molecular weight is 344 g/mol. The number of piperidine rings is 1. The van der Waals surface area contributed by atoms with Crippen LogP contribution in [-0.2, 0) is 4.79 Å². The second-order valence-electron chi connectivity index (χ2n) is 5.69. The number of thiophene rings is 1. The maximum atomic E-state index is 12.5. The Labute approximate surface area is 140 Å². The number of hydrogen-bond acceptors (Lipinski definition) is 4. The highest BCUT2D eigenvalue weighted by molar-refractivity contribution is 7.12. The number of nitrogens with one attached hydrogen (secondary N) is 2. The van der Waals surface area contributed by atoms with E-state index in [1.807, 2.05) is 17.5 Å². The zero-order valence-electron chi connectivity index (χ0n) is 12.4. The number of carbonyl (C=O) groups excluding carboxylic acids is 2. The molecule has 3 heterocycles. The van der Waals surface area contributed by atoms with E-state index in [4.69, 9.17) is 0 Å². The molecule has 1 aromatic heterocycles. The minimum absolute atomic E-state index is 0. The Bertz CT molecular complexity index is 503. The number of halogens is 1. The molecule has 2 aliphatic heterocycles. The van der Waals surface area contributed by atoms with Crippen molar-refractivity contribution in [3.63, 3.8) is 0 Å². The van der Waals surface area contributed by atoms with Gasteiger partial charge in [0.2, 0.25) is 5.91 Å². The zero-order valence-corrected chi connectivity index (χ0v) is 14.0. The van der Waals surface area contributed by atoms with Crippen LogP contribution in [-0.4, -0.2) is 48.4 Å². The summed E-state index contributed by atoms with van der Waals surface area (Å²) in [4.78, 5) is 27.4. The van der Waals surface area contributed by atoms with Gasteiger partial charge in [0.15, 0.2) is 0 Å². The highest BCUT2D eigenvalue weighted by Gasteiger charge is 2.35. The molecule has 0 bridgehead atoms. The third-order valence-corrected chi connectivity index (χ3v) is 5.05. The van der Waals surface area contributed by atoms with Gasteiger partial charge in [0.05, 0.1) is 4.88 Å². The number of likely N-dealkylation sites (tertiary alicyclic amines) is 1. The minimum atomic E-state index is -0.304. The molecule has 7 heteroatoms. The molecule has 3 rings (SSSR count). The smallest absolute Gasteiger partial charge is 0.264 e. The highest BCUT2D eigenvalue weighted by Crippen LogP contribution is 2.22. The highest BCUT2D eigenvalue weighted by atomic mass is 35.5. The van der Waals surface area contributed by atoms with Crippen molar-refractivity contribution in [1.29, 1.82) is 0 Å². The lowest BCUT2D eigenvalue weighted by Crippen LogP contribution is -2.52. The lowest BCUT2D eigenvalue weighted by molar-refractivity contribution is -0.125. The van der Waals surface area contributed by atoms with Gasteiger partial charge >= 0.3 is 0 Å². The van der Waals surface area contributed by atoms with Gasteiger partial charge in [0.25, 0.3) is 5.91 Å². The summed E-state index contributed by atoms with van der Waals surface area (Å²) in [7, 11) is 0. The van der Waals surface area contributed by atoms with Gasteiger partial charge in [0, 0.05) is 19.1 Å². The molecular formula is C15H22ClN3O2S. The molecule has 2 fully saturated rings. The van der Waals surface area contributed by atoms with Crippen LogP contribution in [0.25, 0.3) is 0 Å². The van der Waals surface area contributed by atoms with Gasteiger partial charge in [-0.3, -0.25) is 9.59 Å². The Balaban J connectivity index is 0.00000176. The molecule has 122 valence electrons. The van der Waals surface area contributed by atoms with Crippen molar-refractivity contribution in [2.45, 2.75) is 37.8 Å². The summed E-state index contributed by atoms with van der Waals surface area (Å²) in [6.45, 7) is 2.54. The zero-order chi connectivity index (χ0) is 14.7. The third-order valence-electron chi connectivity index (χ3n) is 4.19. The summed E-state index contributed by atoms with van der Waals surface area (Å²) < 4.78 is 0. The fourth-order valence-corrected chi connectivity index (χ4v) is 3.78. The number of hydrogen-bond donors (Lipinski definition) is 2. The van der Waals surface area contributed by atoms with Crippen molar-refractivity contribution < 1.29 is 9.59 Å². The number of carbonyl (C=O) groups is 2. The monoisotopic (exact) mass is 343 g/mol. The largest absolute Gasteiger partial charge is 0.350 e. The molecule has 22 heavy (non-hydrogen) atoms. The van der Waals surface area contributed by atoms with E-state index in [9.17, 15) is 9.59 Å². The lowest BCUT2D eigenvalue weighted by atomic mass is 10.1. The predicted octanol–water partition coefficient (Wildman–Crippen LogP) is 1.64. The molecule has 0 saturated carbocycles. The van der Waals surface area contributed by atoms with Gasteiger partial charge in [-0.15, -0.1) is 23.7 Å². The van der Waals surface area contributed by atoms with Crippen LogP contribution in [0.2, 0.25) is 0 Å². The van der Waals surface area contributed by atoms with Crippen LogP contribution in [0.4, 0.5) is 0 Å². The van der Waals surface area contributed by atoms with Gasteiger partial charge < -0.3 is 15.5 Å². The summed E-state index contributed by atoms with van der Waals surface area (Å²) in [6.07, 6.45) is 3.78. The van der Waals surface area contributed by atoms with E-state index in [0.29, 0.717) is 11.4 Å². The molecule has 5 nitrogen and oxygen atoms in total. The maximum Gasteiger partial charge on any atom is 0.264 e. The van der Waals surface area contributed by atoms with E-state index < -0.39 is 0 Å². The molecule has 2 saturated heterocycles. The van der Waals surface area contributed by atoms with Crippen molar-refractivity contribution >= 4 is 35.6 Å². The topological polar surface area (TPSA) is 61.4 Å². The van der Waals surface area contributed by atoms with Crippen LogP contribution in [0.5, 0.6) is 0 Å². The molecule has 2 atom stereocenters. The van der Waals surface area contributed by atoms with E-state index in [1.165, 1.54) is 11.3 Å². The third kappa shape index (κ3) is 3.80. The molecule has 0 aliphatic carbocycles. The maximum absolute atomic E-state index is 12.5. The van der Waals surface area contributed by atoms with Crippen LogP contribution < -0.4 is 10.6 Å². The normalized spacial score (nSPS) is 24.6. The molecule has 0 aromatic carbocycles. The summed E-state index contributed by atoms with van der Waals surface area (Å²) in [5, 5.41) is 8.29. The fraction of sp³-hybridized carbons (Fsp3) is 0.600. The molecule has 0 spiro atoms. The van der Waals surface area contributed by atoms with Gasteiger partial charge in [-0.25, -0.2) is 0 Å². The standard InChI is InChI=1S/C15H21N3O2S.ClH/c19-14(17-11-4-1-7-16-10-11)12-5-2-8-18(12)15(20)13-6-3-9-21-13;/h3,6,9,11-12,16H,1-2,4-5,7-8,10H2,(H,17,19);1H/t11-,12?;/m0./s1. The average Bonchev–Trinajstić information content (AvgIpc) is 3.19. The van der Waals surface area contributed by atoms with Crippen LogP contribution in [0.15, 0.2) is 17.5 Å². The van der Waals surface area contributed by atoms with E-state index in [0.717, 1.165) is 38.8 Å². The molecular weight excluding hydrogens is 322 g/mol. The first-order valence-electron chi connectivity index (χ1n) is 7.61. The molecule has 1 aromatic rings. The fourth-order valence-electron chi connectivity index (χ4n) is 3.10. The molecule has 2 amide bonds. The van der Waals surface area contributed by atoms with Gasteiger partial charge in [-0.1, -0.05) is 6.07 Å². The summed E-state index contributed by atoms with van der Waals surface area (Å²) in [6, 6.07) is 3.59. The second kappa shape index (κ2) is 7.94. The van der Waals surface area contributed by atoms with Crippen LogP contribution >= 0.6 is 23.7 Å². The Hall–Kier alpha value is -1.11. The van der Waals surface area contributed by atoms with Crippen molar-refractivity contribution in [3.8, 4) is 0 Å².